The SMILES string of the molecule is O=C(Nc1ccccc1)N1CC=C(c2ncnc3[nH]c4c(c23)CCC4)CC1. The van der Waals surface area contributed by atoms with E-state index in [2.05, 4.69) is 26.3 Å². The second-order valence-electron chi connectivity index (χ2n) is 7.10. The number of amides is 2. The first-order chi connectivity index (χ1) is 13.3. The standard InChI is InChI=1S/C21H21N5O/c27-21(24-15-5-2-1-3-6-15)26-11-9-14(10-12-26)19-18-16-7-4-8-17(16)25-20(18)23-13-22-19/h1-3,5-6,9,13H,4,7-8,10-12H2,(H,24,27)(H,22,23,25). The summed E-state index contributed by atoms with van der Waals surface area (Å²) in [5.74, 6) is 0. The van der Waals surface area contributed by atoms with Gasteiger partial charge in [0.05, 0.1) is 5.69 Å². The van der Waals surface area contributed by atoms with Gasteiger partial charge in [0, 0.05) is 29.9 Å². The smallest absolute Gasteiger partial charge is 0.322 e. The molecule has 6 nitrogen and oxygen atoms in total. The molecule has 1 aliphatic carbocycles. The van der Waals surface area contributed by atoms with E-state index in [-0.39, 0.29) is 6.03 Å². The van der Waals surface area contributed by atoms with Crippen LogP contribution >= 0.6 is 0 Å². The van der Waals surface area contributed by atoms with Gasteiger partial charge in [0.2, 0.25) is 0 Å². The Morgan fingerprint density at radius 2 is 2.00 bits per heavy atom. The van der Waals surface area contributed by atoms with Gasteiger partial charge >= 0.3 is 6.03 Å². The maximum Gasteiger partial charge on any atom is 0.322 e. The summed E-state index contributed by atoms with van der Waals surface area (Å²) in [5, 5.41) is 4.13. The molecule has 5 rings (SSSR count). The molecule has 2 aliphatic rings. The second-order valence-corrected chi connectivity index (χ2v) is 7.10. The van der Waals surface area contributed by atoms with Gasteiger partial charge in [-0.05, 0) is 49.0 Å². The minimum Gasteiger partial charge on any atom is -0.343 e. The number of benzene rings is 1. The van der Waals surface area contributed by atoms with Crippen molar-refractivity contribution < 1.29 is 4.79 Å². The Hall–Kier alpha value is -3.15. The Morgan fingerprint density at radius 3 is 2.81 bits per heavy atom. The third-order valence-electron chi connectivity index (χ3n) is 5.46. The average molecular weight is 359 g/mol. The van der Waals surface area contributed by atoms with Crippen molar-refractivity contribution in [3.8, 4) is 0 Å². The van der Waals surface area contributed by atoms with Crippen LogP contribution in [0.2, 0.25) is 0 Å². The summed E-state index contributed by atoms with van der Waals surface area (Å²) in [6, 6.07) is 9.50. The van der Waals surface area contributed by atoms with E-state index in [1.807, 2.05) is 35.2 Å². The zero-order valence-electron chi connectivity index (χ0n) is 15.0. The van der Waals surface area contributed by atoms with Gasteiger partial charge < -0.3 is 15.2 Å². The van der Waals surface area contributed by atoms with Crippen molar-refractivity contribution in [2.24, 2.45) is 0 Å². The van der Waals surface area contributed by atoms with Gasteiger partial charge in [0.1, 0.15) is 12.0 Å². The summed E-state index contributed by atoms with van der Waals surface area (Å²) in [5.41, 5.74) is 6.69. The van der Waals surface area contributed by atoms with Crippen LogP contribution in [-0.4, -0.2) is 39.0 Å². The molecule has 0 spiro atoms. The lowest BCUT2D eigenvalue weighted by molar-refractivity contribution is 0.217. The zero-order valence-corrected chi connectivity index (χ0v) is 15.0. The molecule has 6 heteroatoms. The molecule has 2 N–H and O–H groups in total. The fraction of sp³-hybridized carbons (Fsp3) is 0.286. The number of urea groups is 1. The van der Waals surface area contributed by atoms with E-state index in [1.54, 1.807) is 6.33 Å². The molecule has 3 heterocycles. The van der Waals surface area contributed by atoms with Gasteiger partial charge in [-0.2, -0.15) is 0 Å². The fourth-order valence-electron chi connectivity index (χ4n) is 4.10. The van der Waals surface area contributed by atoms with E-state index in [1.165, 1.54) is 28.6 Å². The van der Waals surface area contributed by atoms with Crippen LogP contribution in [0.5, 0.6) is 0 Å². The Bertz CT molecular complexity index is 1040. The molecule has 2 amide bonds. The van der Waals surface area contributed by atoms with Crippen molar-refractivity contribution >= 4 is 28.3 Å². The van der Waals surface area contributed by atoms with Crippen LogP contribution in [0, 0.1) is 0 Å². The van der Waals surface area contributed by atoms with Crippen molar-refractivity contribution in [2.75, 3.05) is 18.4 Å². The van der Waals surface area contributed by atoms with Crippen LogP contribution in [0.15, 0.2) is 42.7 Å². The minimum absolute atomic E-state index is 0.0631. The lowest BCUT2D eigenvalue weighted by Gasteiger charge is -2.26. The number of fused-ring (bicyclic) bond motifs is 3. The lowest BCUT2D eigenvalue weighted by Crippen LogP contribution is -2.37. The molecule has 2 aromatic heterocycles. The number of aromatic nitrogens is 3. The second kappa shape index (κ2) is 6.54. The summed E-state index contributed by atoms with van der Waals surface area (Å²) in [4.78, 5) is 26.8. The normalized spacial score (nSPS) is 16.3. The predicted octanol–water partition coefficient (Wildman–Crippen LogP) is 3.77. The third kappa shape index (κ3) is 2.87. The number of anilines is 1. The highest BCUT2D eigenvalue weighted by Crippen LogP contribution is 2.34. The first kappa shape index (κ1) is 16.1. The number of para-hydroxylation sites is 1. The quantitative estimate of drug-likeness (QED) is 0.731. The number of nitrogens with zero attached hydrogens (tertiary/aromatic N) is 3. The first-order valence-electron chi connectivity index (χ1n) is 9.44. The van der Waals surface area contributed by atoms with Crippen molar-refractivity contribution in [1.82, 2.24) is 19.9 Å². The van der Waals surface area contributed by atoms with E-state index in [4.69, 9.17) is 0 Å². The van der Waals surface area contributed by atoms with E-state index < -0.39 is 0 Å². The number of carbonyl (C=O) groups excluding carboxylic acids is 1. The molecule has 0 atom stereocenters. The zero-order chi connectivity index (χ0) is 18.2. The van der Waals surface area contributed by atoms with Crippen LogP contribution in [0.3, 0.4) is 0 Å². The number of H-pyrrole nitrogens is 1. The topological polar surface area (TPSA) is 73.9 Å². The van der Waals surface area contributed by atoms with Crippen molar-refractivity contribution in [1.29, 1.82) is 0 Å². The Morgan fingerprint density at radius 1 is 1.11 bits per heavy atom. The van der Waals surface area contributed by atoms with E-state index in [0.717, 1.165) is 36.3 Å². The molecule has 0 radical (unpaired) electrons. The van der Waals surface area contributed by atoms with Crippen molar-refractivity contribution in [3.63, 3.8) is 0 Å². The Labute approximate surface area is 157 Å². The average Bonchev–Trinajstić information content (AvgIpc) is 3.30. The summed E-state index contributed by atoms with van der Waals surface area (Å²) < 4.78 is 0. The summed E-state index contributed by atoms with van der Waals surface area (Å²) in [7, 11) is 0. The summed E-state index contributed by atoms with van der Waals surface area (Å²) in [6.07, 6.45) is 7.95. The fourth-order valence-corrected chi connectivity index (χ4v) is 4.10. The lowest BCUT2D eigenvalue weighted by atomic mass is 10.00. The minimum atomic E-state index is -0.0631. The number of nitrogens with one attached hydrogen (secondary N) is 2. The molecular formula is C21H21N5O. The van der Waals surface area contributed by atoms with Gasteiger partial charge in [-0.1, -0.05) is 24.3 Å². The summed E-state index contributed by atoms with van der Waals surface area (Å²) >= 11 is 0. The Kier molecular flexibility index (Phi) is 3.89. The molecule has 1 aromatic carbocycles. The van der Waals surface area contributed by atoms with Crippen LogP contribution in [0.4, 0.5) is 10.5 Å². The summed E-state index contributed by atoms with van der Waals surface area (Å²) in [6.45, 7) is 1.27. The number of aromatic amines is 1. The highest BCUT2D eigenvalue weighted by Gasteiger charge is 2.24. The number of aryl methyl sites for hydroxylation is 2. The van der Waals surface area contributed by atoms with E-state index in [0.29, 0.717) is 13.1 Å². The van der Waals surface area contributed by atoms with Gasteiger partial charge in [0.25, 0.3) is 0 Å². The molecule has 0 unspecified atom stereocenters. The van der Waals surface area contributed by atoms with Gasteiger partial charge in [-0.25, -0.2) is 14.8 Å². The van der Waals surface area contributed by atoms with Crippen LogP contribution < -0.4 is 5.32 Å². The van der Waals surface area contributed by atoms with E-state index in [9.17, 15) is 4.79 Å². The molecule has 0 saturated heterocycles. The highest BCUT2D eigenvalue weighted by atomic mass is 16.2. The number of hydrogen-bond acceptors (Lipinski definition) is 3. The molecule has 0 fully saturated rings. The molecule has 136 valence electrons. The van der Waals surface area contributed by atoms with Crippen LogP contribution in [0.1, 0.15) is 29.8 Å². The number of carbonyl (C=O) groups is 1. The van der Waals surface area contributed by atoms with Crippen LogP contribution in [-0.2, 0) is 12.8 Å². The van der Waals surface area contributed by atoms with E-state index >= 15 is 0 Å². The van der Waals surface area contributed by atoms with Crippen LogP contribution in [0.25, 0.3) is 16.6 Å². The number of rotatable bonds is 2. The number of hydrogen-bond donors (Lipinski definition) is 2. The monoisotopic (exact) mass is 359 g/mol. The molecule has 0 saturated carbocycles. The predicted molar refractivity (Wildman–Crippen MR) is 106 cm³/mol. The third-order valence-corrected chi connectivity index (χ3v) is 5.46. The highest BCUT2D eigenvalue weighted by molar-refractivity contribution is 5.93. The van der Waals surface area contributed by atoms with Gasteiger partial charge in [-0.3, -0.25) is 0 Å². The largest absolute Gasteiger partial charge is 0.343 e. The maximum absolute atomic E-state index is 12.5. The molecular weight excluding hydrogens is 338 g/mol. The molecule has 1 aliphatic heterocycles. The first-order valence-corrected chi connectivity index (χ1v) is 9.44. The Balaban J connectivity index is 1.38. The molecule has 3 aromatic rings. The van der Waals surface area contributed by atoms with Gasteiger partial charge in [0.15, 0.2) is 0 Å². The van der Waals surface area contributed by atoms with Crippen molar-refractivity contribution in [3.05, 3.63) is 59.7 Å². The molecule has 27 heavy (non-hydrogen) atoms. The molecule has 0 bridgehead atoms. The van der Waals surface area contributed by atoms with Gasteiger partial charge in [-0.15, -0.1) is 0 Å². The maximum atomic E-state index is 12.5. The van der Waals surface area contributed by atoms with Crippen molar-refractivity contribution in [2.45, 2.75) is 25.7 Å².